The molecule has 1 spiro atoms. The molecule has 1 aromatic heterocycles. The molecule has 5 fully saturated rings. The van der Waals surface area contributed by atoms with Crippen LogP contribution in [0.5, 0.6) is 5.75 Å². The molecular weight excluding hydrogens is 793 g/mol. The predicted molar refractivity (Wildman–Crippen MR) is 218 cm³/mol. The largest absolute Gasteiger partial charge is 0.490 e. The highest BCUT2D eigenvalue weighted by Crippen LogP contribution is 2.45. The summed E-state index contributed by atoms with van der Waals surface area (Å²) in [7, 11) is 0. The summed E-state index contributed by atoms with van der Waals surface area (Å²) >= 11 is 6.16. The SMILES string of the molecule is [C-]#[N+]c1ccc(OC2CCC(NC(=O)c3cnc(N4CCC(N5CCC6(CC5)CN(c5cc7c(cc5F)C(=O)N(C5CCC(=O)NC5=O)C7=O)C6)CC4)cn3)CC2)cc1Cl. The summed E-state index contributed by atoms with van der Waals surface area (Å²) in [4.78, 5) is 83.6. The fourth-order valence-corrected chi connectivity index (χ4v) is 10.0. The molecule has 2 aromatic carbocycles. The number of carbonyl (C=O) groups excluding carboxylic acids is 5. The lowest BCUT2D eigenvalue weighted by Crippen LogP contribution is -2.62. The third-order valence-electron chi connectivity index (χ3n) is 13.3. The standard InChI is InChI=1S/C43H45ClFN9O6/c1-46-33-7-6-28(18-31(33)44)60-27-4-2-25(3-5-27)49-39(56)34-21-48-37(22-47-34)52-14-10-26(11-15-52)51-16-12-43(13-17-51)23-53(24-43)36-20-30-29(19-32(36)45)41(58)54(42(30)59)35-8-9-38(55)50-40(35)57/h6-7,18-22,25-27,35H,2-5,8-17,23-24H2,(H,49,56)(H,50,55,57). The number of fused-ring (bicyclic) bond motifs is 1. The van der Waals surface area contributed by atoms with Crippen molar-refractivity contribution in [2.24, 2.45) is 5.41 Å². The maximum absolute atomic E-state index is 15.5. The van der Waals surface area contributed by atoms with Crippen molar-refractivity contribution in [2.75, 3.05) is 49.1 Å². The molecule has 17 heteroatoms. The number of aromatic nitrogens is 2. The zero-order valence-electron chi connectivity index (χ0n) is 33.0. The van der Waals surface area contributed by atoms with Gasteiger partial charge in [0.1, 0.15) is 29.1 Å². The maximum Gasteiger partial charge on any atom is 0.271 e. The molecule has 6 heterocycles. The first kappa shape index (κ1) is 39.8. The number of imide groups is 2. The number of carbonyl (C=O) groups is 5. The number of ether oxygens (including phenoxy) is 1. The van der Waals surface area contributed by atoms with Gasteiger partial charge >= 0.3 is 0 Å². The highest BCUT2D eigenvalue weighted by Gasteiger charge is 2.49. The second kappa shape index (κ2) is 16.1. The van der Waals surface area contributed by atoms with E-state index in [9.17, 15) is 24.0 Å². The third-order valence-corrected chi connectivity index (χ3v) is 13.6. The summed E-state index contributed by atoms with van der Waals surface area (Å²) in [5, 5.41) is 5.66. The molecule has 312 valence electrons. The molecule has 6 aliphatic rings. The van der Waals surface area contributed by atoms with Crippen LogP contribution in [0.4, 0.5) is 21.6 Å². The van der Waals surface area contributed by atoms with Crippen LogP contribution in [0.3, 0.4) is 0 Å². The summed E-state index contributed by atoms with van der Waals surface area (Å²) in [6.45, 7) is 12.0. The summed E-state index contributed by atoms with van der Waals surface area (Å²) in [6, 6.07) is 7.02. The van der Waals surface area contributed by atoms with Crippen molar-refractivity contribution in [2.45, 2.75) is 88.4 Å². The zero-order valence-corrected chi connectivity index (χ0v) is 33.8. The number of halogens is 2. The Bertz CT molecular complexity index is 2270. The van der Waals surface area contributed by atoms with E-state index in [1.54, 1.807) is 30.6 Å². The Hall–Kier alpha value is -5.66. The van der Waals surface area contributed by atoms with Crippen molar-refractivity contribution in [3.05, 3.63) is 81.8 Å². The Balaban J connectivity index is 0.709. The van der Waals surface area contributed by atoms with E-state index in [0.717, 1.165) is 94.3 Å². The summed E-state index contributed by atoms with van der Waals surface area (Å²) in [6.07, 6.45) is 10.4. The Morgan fingerprint density at radius 3 is 2.27 bits per heavy atom. The summed E-state index contributed by atoms with van der Waals surface area (Å²) < 4.78 is 21.5. The van der Waals surface area contributed by atoms with Crippen molar-refractivity contribution in [3.63, 3.8) is 0 Å². The van der Waals surface area contributed by atoms with E-state index in [0.29, 0.717) is 35.6 Å². The number of hydrogen-bond acceptors (Lipinski definition) is 11. The number of hydrogen-bond donors (Lipinski definition) is 2. The van der Waals surface area contributed by atoms with E-state index < -0.39 is 35.5 Å². The number of nitrogens with one attached hydrogen (secondary N) is 2. The van der Waals surface area contributed by atoms with Crippen LogP contribution in [-0.2, 0) is 9.59 Å². The molecule has 4 saturated heterocycles. The van der Waals surface area contributed by atoms with Crippen molar-refractivity contribution >= 4 is 58.3 Å². The average molecular weight is 838 g/mol. The van der Waals surface area contributed by atoms with E-state index >= 15 is 4.39 Å². The molecule has 1 saturated carbocycles. The Morgan fingerprint density at radius 1 is 0.900 bits per heavy atom. The number of nitrogens with zero attached hydrogens (tertiary/aromatic N) is 7. The lowest BCUT2D eigenvalue weighted by molar-refractivity contribution is -0.136. The van der Waals surface area contributed by atoms with Gasteiger partial charge in [0, 0.05) is 50.1 Å². The smallest absolute Gasteiger partial charge is 0.271 e. The molecule has 5 amide bonds. The molecule has 3 aromatic rings. The molecule has 1 aliphatic carbocycles. The Kier molecular flexibility index (Phi) is 10.7. The van der Waals surface area contributed by atoms with Crippen LogP contribution in [0.1, 0.15) is 95.4 Å². The van der Waals surface area contributed by atoms with Crippen molar-refractivity contribution in [3.8, 4) is 5.75 Å². The van der Waals surface area contributed by atoms with Gasteiger partial charge in [-0.25, -0.2) is 19.2 Å². The highest BCUT2D eigenvalue weighted by atomic mass is 35.5. The second-order valence-electron chi connectivity index (χ2n) is 17.0. The van der Waals surface area contributed by atoms with Crippen LogP contribution in [-0.4, -0.2) is 113 Å². The van der Waals surface area contributed by atoms with Gasteiger partial charge in [-0.3, -0.25) is 34.2 Å². The molecule has 2 N–H and O–H groups in total. The molecule has 9 rings (SSSR count). The van der Waals surface area contributed by atoms with Crippen LogP contribution in [0.2, 0.25) is 5.02 Å². The molecule has 1 unspecified atom stereocenters. The number of piperidine rings is 3. The van der Waals surface area contributed by atoms with Crippen molar-refractivity contribution < 1.29 is 33.1 Å². The quantitative estimate of drug-likeness (QED) is 0.234. The van der Waals surface area contributed by atoms with E-state index in [2.05, 4.69) is 35.2 Å². The molecule has 1 atom stereocenters. The molecule has 60 heavy (non-hydrogen) atoms. The van der Waals surface area contributed by atoms with Gasteiger partial charge < -0.3 is 24.8 Å². The van der Waals surface area contributed by atoms with Crippen LogP contribution < -0.4 is 25.2 Å². The van der Waals surface area contributed by atoms with Crippen molar-refractivity contribution in [1.29, 1.82) is 0 Å². The van der Waals surface area contributed by atoms with E-state index in [4.69, 9.17) is 22.9 Å². The number of benzene rings is 2. The second-order valence-corrected chi connectivity index (χ2v) is 17.4. The predicted octanol–water partition coefficient (Wildman–Crippen LogP) is 4.91. The van der Waals surface area contributed by atoms with E-state index in [-0.39, 0.29) is 58.8 Å². The number of anilines is 2. The fraction of sp³-hybridized carbons (Fsp3) is 0.488. The first-order valence-electron chi connectivity index (χ1n) is 20.7. The lowest BCUT2D eigenvalue weighted by atomic mass is 9.71. The summed E-state index contributed by atoms with van der Waals surface area (Å²) in [5.41, 5.74) is 1.06. The first-order chi connectivity index (χ1) is 29.0. The van der Waals surface area contributed by atoms with Gasteiger partial charge in [0.25, 0.3) is 17.7 Å². The van der Waals surface area contributed by atoms with Gasteiger partial charge in [-0.1, -0.05) is 17.7 Å². The fourth-order valence-electron chi connectivity index (χ4n) is 9.83. The minimum atomic E-state index is -1.10. The summed E-state index contributed by atoms with van der Waals surface area (Å²) in [5.74, 6) is -1.91. The minimum Gasteiger partial charge on any atom is -0.490 e. The highest BCUT2D eigenvalue weighted by molar-refractivity contribution is 6.33. The number of amides is 5. The van der Waals surface area contributed by atoms with Gasteiger partial charge in [-0.05, 0) is 95.1 Å². The molecule has 0 bridgehead atoms. The topological polar surface area (TPSA) is 162 Å². The molecular formula is C43H45ClFN9O6. The number of likely N-dealkylation sites (tertiary alicyclic amines) is 1. The molecule has 5 aliphatic heterocycles. The van der Waals surface area contributed by atoms with Crippen molar-refractivity contribution in [1.82, 2.24) is 30.4 Å². The molecule has 15 nitrogen and oxygen atoms in total. The van der Waals surface area contributed by atoms with Gasteiger partial charge in [0.15, 0.2) is 0 Å². The maximum atomic E-state index is 15.5. The van der Waals surface area contributed by atoms with Crippen LogP contribution >= 0.6 is 11.6 Å². The van der Waals surface area contributed by atoms with Crippen LogP contribution in [0.25, 0.3) is 4.85 Å². The van der Waals surface area contributed by atoms with Gasteiger partial charge in [-0.2, -0.15) is 0 Å². The normalized spacial score (nSPS) is 24.5. The van der Waals surface area contributed by atoms with Crippen LogP contribution in [0, 0.1) is 17.8 Å². The number of rotatable bonds is 8. The van der Waals surface area contributed by atoms with Gasteiger partial charge in [0.2, 0.25) is 17.5 Å². The molecule has 0 radical (unpaired) electrons. The lowest BCUT2D eigenvalue weighted by Gasteiger charge is -2.56. The van der Waals surface area contributed by atoms with Gasteiger partial charge in [0.05, 0.1) is 46.9 Å². The average Bonchev–Trinajstić information content (AvgIpc) is 3.47. The van der Waals surface area contributed by atoms with Gasteiger partial charge in [-0.15, -0.1) is 0 Å². The van der Waals surface area contributed by atoms with E-state index in [1.807, 2.05) is 4.90 Å². The monoisotopic (exact) mass is 837 g/mol. The van der Waals surface area contributed by atoms with E-state index in [1.165, 1.54) is 6.07 Å². The first-order valence-corrected chi connectivity index (χ1v) is 21.1. The third kappa shape index (κ3) is 7.64. The van der Waals surface area contributed by atoms with Crippen LogP contribution in [0.15, 0.2) is 42.7 Å². The Labute approximate surface area is 351 Å². The zero-order chi connectivity index (χ0) is 41.7. The Morgan fingerprint density at radius 2 is 1.62 bits per heavy atom. The minimum absolute atomic E-state index is 0.0149.